The third kappa shape index (κ3) is 13.6. The van der Waals surface area contributed by atoms with Gasteiger partial charge in [-0.05, 0) is 154 Å². The molecule has 0 bridgehead atoms. The highest BCUT2D eigenvalue weighted by atomic mass is 16.3. The van der Waals surface area contributed by atoms with Crippen molar-refractivity contribution in [2.45, 2.75) is 0 Å². The number of hydrogen-bond donors (Lipinski definition) is 0. The van der Waals surface area contributed by atoms with Crippen LogP contribution in [-0.2, 0) is 0 Å². The maximum absolute atomic E-state index is 6.82. The average Bonchev–Trinajstić information content (AvgIpc) is 1.55. The summed E-state index contributed by atoms with van der Waals surface area (Å²) in [4.78, 5) is 44.6. The van der Waals surface area contributed by atoms with Gasteiger partial charge in [0, 0.05) is 93.6 Å². The molecule has 0 fully saturated rings. The van der Waals surface area contributed by atoms with Gasteiger partial charge in [-0.1, -0.05) is 328 Å². The van der Waals surface area contributed by atoms with Gasteiger partial charge in [0.1, 0.15) is 33.5 Å². The quantitative estimate of drug-likeness (QED) is 0.114. The molecule has 0 N–H and O–H groups in total. The van der Waals surface area contributed by atoms with Crippen molar-refractivity contribution in [1.29, 1.82) is 0 Å². The van der Waals surface area contributed by atoms with E-state index in [0.29, 0.717) is 52.5 Å². The molecule has 15 heteroatoms. The van der Waals surface area contributed by atoms with Gasteiger partial charge in [-0.25, -0.2) is 34.9 Å². The maximum Gasteiger partial charge on any atom is 0.238 e. The number of para-hydroxylation sites is 2. The Bertz CT molecular complexity index is 9350. The van der Waals surface area contributed by atoms with Crippen molar-refractivity contribution in [3.8, 4) is 120 Å². The first-order chi connectivity index (χ1) is 67.4. The number of fused-ring (bicyclic) bond motifs is 8. The van der Waals surface area contributed by atoms with Crippen LogP contribution in [0.15, 0.2) is 462 Å². The zero-order chi connectivity index (χ0) is 89.7. The smallest absolute Gasteiger partial charge is 0.238 e. The monoisotopic (exact) mass is 1740 g/mol. The summed E-state index contributed by atoms with van der Waals surface area (Å²) in [5.74, 6) is 5.61. The molecule has 0 saturated carbocycles. The molecule has 0 saturated heterocycles. The summed E-state index contributed by atoms with van der Waals surface area (Å²) in [6.07, 6.45) is 0. The first-order valence-electron chi connectivity index (χ1n) is 45.3. The van der Waals surface area contributed by atoms with Crippen LogP contribution in [0, 0.1) is 0 Å². The van der Waals surface area contributed by atoms with Crippen molar-refractivity contribution in [3.63, 3.8) is 0 Å². The molecule has 0 spiro atoms. The third-order valence-electron chi connectivity index (χ3n) is 25.7. The third-order valence-corrected chi connectivity index (χ3v) is 25.7. The molecule has 0 atom stereocenters. The topological polar surface area (TPSA) is 170 Å². The highest BCUT2D eigenvalue weighted by Gasteiger charge is 2.27. The summed E-state index contributed by atoms with van der Waals surface area (Å²) in [5.41, 5.74) is 23.5. The molecule has 0 aliphatic carbocycles. The fourth-order valence-corrected chi connectivity index (χ4v) is 19.6. The zero-order valence-corrected chi connectivity index (χ0v) is 72.8. The van der Waals surface area contributed by atoms with Crippen LogP contribution in [0.4, 0.5) is 0 Å². The Morgan fingerprint density at radius 3 is 0.912 bits per heavy atom. The van der Waals surface area contributed by atoms with Crippen LogP contribution in [0.25, 0.3) is 262 Å². The number of rotatable bonds is 12. The van der Waals surface area contributed by atoms with Crippen molar-refractivity contribution in [3.05, 3.63) is 449 Å². The van der Waals surface area contributed by atoms with Crippen molar-refractivity contribution in [2.24, 2.45) is 0 Å². The number of hydrogen-bond acceptors (Lipinski definition) is 12. The summed E-state index contributed by atoms with van der Waals surface area (Å²) < 4.78 is 27.0. The molecule has 9 aromatic heterocycles. The summed E-state index contributed by atoms with van der Waals surface area (Å²) in [5, 5.41) is 15.5. The van der Waals surface area contributed by atoms with E-state index >= 15 is 0 Å². The van der Waals surface area contributed by atoms with Crippen LogP contribution in [0.3, 0.4) is 0 Å². The van der Waals surface area contributed by atoms with Gasteiger partial charge in [0.25, 0.3) is 0 Å². The molecule has 636 valence electrons. The summed E-state index contributed by atoms with van der Waals surface area (Å²) in [7, 11) is 0. The molecule has 19 aromatic carbocycles. The van der Waals surface area contributed by atoms with Gasteiger partial charge in [-0.3, -0.25) is 4.57 Å². The fourth-order valence-electron chi connectivity index (χ4n) is 19.6. The lowest BCUT2D eigenvalue weighted by Gasteiger charge is -2.11. The van der Waals surface area contributed by atoms with Crippen molar-refractivity contribution in [2.75, 3.05) is 0 Å². The Kier molecular flexibility index (Phi) is 18.8. The molecule has 15 nitrogen and oxygen atoms in total. The first kappa shape index (κ1) is 78.3. The maximum atomic E-state index is 6.82. The van der Waals surface area contributed by atoms with E-state index in [0.717, 1.165) is 187 Å². The highest BCUT2D eigenvalue weighted by Crippen LogP contribution is 2.48. The van der Waals surface area contributed by atoms with E-state index in [1.54, 1.807) is 0 Å². The van der Waals surface area contributed by atoms with Gasteiger partial charge in [0.15, 0.2) is 46.6 Å². The van der Waals surface area contributed by atoms with Crippen molar-refractivity contribution < 1.29 is 13.3 Å². The number of aromatic nitrogens is 12. The lowest BCUT2D eigenvalue weighted by atomic mass is 10.0. The van der Waals surface area contributed by atoms with E-state index < -0.39 is 0 Å². The lowest BCUT2D eigenvalue weighted by Crippen LogP contribution is -2.06. The lowest BCUT2D eigenvalue weighted by molar-refractivity contribution is 0.663. The minimum absolute atomic E-state index is 0.561. The SMILES string of the molecule is c1ccc(-c2ccc3oc4cccc5c4c4c(cccc4n5-c4nc(-c5ccccc5)nc(-c5ccccc5)n4)c3c2)cc1.c1ccc(-c2nc(-c3ccccc3)nc(-c3ccc(-n4c5cccc6c7ccccc7oc7c8ccccc8cc4c7c65)cc3)n2)cc1.c1ccc(-c2nc(-c3ccccc3)nc(-c3ccc4oc5cccc6c5c5c(cccc5n6-c5ccccc5)c4c3)n2)cc1. The molecule has 136 heavy (non-hydrogen) atoms. The van der Waals surface area contributed by atoms with Gasteiger partial charge in [-0.15, -0.1) is 0 Å². The second-order valence-electron chi connectivity index (χ2n) is 33.8. The molecule has 0 radical (unpaired) electrons. The molecule has 9 heterocycles. The summed E-state index contributed by atoms with van der Waals surface area (Å²) >= 11 is 0. The van der Waals surface area contributed by atoms with Crippen molar-refractivity contribution in [1.82, 2.24) is 58.6 Å². The van der Waals surface area contributed by atoms with Crippen LogP contribution >= 0.6 is 0 Å². The average molecular weight is 1740 g/mol. The van der Waals surface area contributed by atoms with Gasteiger partial charge in [0.05, 0.1) is 49.3 Å². The van der Waals surface area contributed by atoms with Crippen LogP contribution in [0.5, 0.6) is 0 Å². The van der Waals surface area contributed by atoms with Gasteiger partial charge in [0.2, 0.25) is 5.95 Å². The second-order valence-corrected chi connectivity index (χ2v) is 33.8. The molecular formula is C121H74N12O3. The molecule has 0 amide bonds. The second kappa shape index (κ2) is 32.7. The standard InChI is InChI=1S/C43H26N4O.2C39H24N4O/c1-3-12-27(13-4-1)41-44-42(28-14-5-2-6-15-28)46-43(45-41)29-22-24-31(25-23-29)47-35-20-11-19-34-33-18-9-10-21-37(33)48-40-32-17-8-7-16-30(32)26-36(47)39(40)38(34)35;1-4-12-25(13-5-1)37-40-38(26-14-6-2-7-15-26)42-39(41-37)27-22-23-33-30(24-27)29-18-10-19-31-35(29)36-32(20-11-21-34(36)44-33)43(31)28-16-8-3-9-17-28;1-4-12-25(13-5-1)28-22-23-33-30(24-28)29-18-10-19-31-35(29)36-32(20-11-21-34(36)44-33)43(31)39-41-37(26-14-6-2-7-15-26)40-38(42-39)27-16-8-3-9-17-27/h1-26H;2*1-24H. The van der Waals surface area contributed by atoms with Crippen molar-refractivity contribution >= 4 is 142 Å². The summed E-state index contributed by atoms with van der Waals surface area (Å²) in [6.45, 7) is 0. The van der Waals surface area contributed by atoms with Gasteiger partial charge >= 0.3 is 0 Å². The summed E-state index contributed by atoms with van der Waals surface area (Å²) in [6, 6.07) is 154. The van der Waals surface area contributed by atoms with E-state index in [-0.39, 0.29) is 0 Å². The largest absolute Gasteiger partial charge is 0.456 e. The fraction of sp³-hybridized carbons (Fsp3) is 0. The van der Waals surface area contributed by atoms with Gasteiger partial charge in [-0.2, -0.15) is 9.97 Å². The Labute approximate surface area is 777 Å². The van der Waals surface area contributed by atoms with Crippen LogP contribution < -0.4 is 0 Å². The molecule has 28 rings (SSSR count). The Balaban J connectivity index is 0.000000106. The molecule has 0 aliphatic rings. The van der Waals surface area contributed by atoms with E-state index in [1.165, 1.54) is 21.7 Å². The Morgan fingerprint density at radius 1 is 0.154 bits per heavy atom. The zero-order valence-electron chi connectivity index (χ0n) is 72.8. The molecular weight excluding hydrogens is 1670 g/mol. The van der Waals surface area contributed by atoms with E-state index in [9.17, 15) is 0 Å². The molecule has 0 unspecified atom stereocenters. The molecule has 0 aliphatic heterocycles. The van der Waals surface area contributed by atoms with E-state index in [2.05, 4.69) is 238 Å². The molecule has 28 aromatic rings. The van der Waals surface area contributed by atoms with E-state index in [4.69, 9.17) is 58.1 Å². The van der Waals surface area contributed by atoms with Crippen LogP contribution in [-0.4, -0.2) is 58.6 Å². The highest BCUT2D eigenvalue weighted by molar-refractivity contribution is 6.32. The number of nitrogens with zero attached hydrogens (tertiary/aromatic N) is 12. The Morgan fingerprint density at radius 2 is 0.449 bits per heavy atom. The first-order valence-corrected chi connectivity index (χ1v) is 45.3. The number of benzene rings is 19. The minimum Gasteiger partial charge on any atom is -0.456 e. The van der Waals surface area contributed by atoms with Gasteiger partial charge < -0.3 is 22.4 Å². The Hall–Kier alpha value is -18.7. The van der Waals surface area contributed by atoms with Crippen LogP contribution in [0.2, 0.25) is 0 Å². The van der Waals surface area contributed by atoms with E-state index in [1.807, 2.05) is 224 Å². The predicted molar refractivity (Wildman–Crippen MR) is 551 cm³/mol. The minimum atomic E-state index is 0.561. The predicted octanol–water partition coefficient (Wildman–Crippen LogP) is 30.8. The van der Waals surface area contributed by atoms with Crippen LogP contribution in [0.1, 0.15) is 0 Å². The normalized spacial score (nSPS) is 11.7.